The second-order valence-electron chi connectivity index (χ2n) is 4.18. The maximum atomic E-state index is 5.26. The lowest BCUT2D eigenvalue weighted by atomic mass is 10.1. The predicted molar refractivity (Wildman–Crippen MR) is 85.8 cm³/mol. The standard InChI is InChI=1S/C15H10BrN3S/c16-11-7-4-8-17-14(11)15-18-12(9-13(20)19-15)10-5-2-1-3-6-10/h1-9H,(H,18,19,20). The Morgan fingerprint density at radius 2 is 1.85 bits per heavy atom. The highest BCUT2D eigenvalue weighted by Crippen LogP contribution is 2.25. The van der Waals surface area contributed by atoms with E-state index >= 15 is 0 Å². The molecule has 0 fully saturated rings. The van der Waals surface area contributed by atoms with Crippen molar-refractivity contribution in [3.8, 4) is 22.8 Å². The van der Waals surface area contributed by atoms with E-state index in [0.717, 1.165) is 21.4 Å². The monoisotopic (exact) mass is 343 g/mol. The van der Waals surface area contributed by atoms with E-state index in [0.29, 0.717) is 10.5 Å². The summed E-state index contributed by atoms with van der Waals surface area (Å²) in [6.45, 7) is 0. The Morgan fingerprint density at radius 1 is 1.05 bits per heavy atom. The first-order chi connectivity index (χ1) is 9.74. The van der Waals surface area contributed by atoms with Crippen molar-refractivity contribution in [1.82, 2.24) is 15.0 Å². The van der Waals surface area contributed by atoms with Crippen LogP contribution in [-0.4, -0.2) is 15.0 Å². The number of nitrogens with zero attached hydrogens (tertiary/aromatic N) is 2. The Morgan fingerprint density at radius 3 is 2.60 bits per heavy atom. The van der Waals surface area contributed by atoms with Crippen molar-refractivity contribution >= 4 is 28.1 Å². The predicted octanol–water partition coefficient (Wildman–Crippen LogP) is 4.63. The summed E-state index contributed by atoms with van der Waals surface area (Å²) >= 11 is 8.74. The number of pyridine rings is 1. The molecule has 0 aliphatic heterocycles. The van der Waals surface area contributed by atoms with Gasteiger partial charge in [-0.15, -0.1) is 0 Å². The number of H-pyrrole nitrogens is 1. The molecule has 0 spiro atoms. The highest BCUT2D eigenvalue weighted by atomic mass is 79.9. The van der Waals surface area contributed by atoms with Crippen LogP contribution in [-0.2, 0) is 0 Å². The molecule has 20 heavy (non-hydrogen) atoms. The third-order valence-electron chi connectivity index (χ3n) is 2.81. The lowest BCUT2D eigenvalue weighted by molar-refractivity contribution is 1.12. The van der Waals surface area contributed by atoms with E-state index in [1.165, 1.54) is 0 Å². The van der Waals surface area contributed by atoms with E-state index in [1.807, 2.05) is 48.5 Å². The number of aromatic nitrogens is 3. The maximum absolute atomic E-state index is 5.26. The van der Waals surface area contributed by atoms with Crippen LogP contribution in [0.15, 0.2) is 59.2 Å². The van der Waals surface area contributed by atoms with E-state index < -0.39 is 0 Å². The van der Waals surface area contributed by atoms with Gasteiger partial charge in [-0.2, -0.15) is 0 Å². The zero-order valence-electron chi connectivity index (χ0n) is 10.4. The zero-order valence-corrected chi connectivity index (χ0v) is 12.8. The third-order valence-corrected chi connectivity index (χ3v) is 3.66. The minimum atomic E-state index is 0.537. The fourth-order valence-electron chi connectivity index (χ4n) is 1.90. The fourth-order valence-corrected chi connectivity index (χ4v) is 2.55. The van der Waals surface area contributed by atoms with Crippen molar-refractivity contribution in [2.45, 2.75) is 0 Å². The summed E-state index contributed by atoms with van der Waals surface area (Å²) in [4.78, 5) is 12.0. The quantitative estimate of drug-likeness (QED) is 0.689. The molecule has 0 saturated heterocycles. The van der Waals surface area contributed by atoms with Crippen LogP contribution >= 0.6 is 28.1 Å². The topological polar surface area (TPSA) is 41.6 Å². The van der Waals surface area contributed by atoms with Crippen LogP contribution in [0.25, 0.3) is 22.8 Å². The van der Waals surface area contributed by atoms with Gasteiger partial charge in [0.05, 0.1) is 0 Å². The highest BCUT2D eigenvalue weighted by Gasteiger charge is 2.08. The zero-order chi connectivity index (χ0) is 13.9. The Hall–Kier alpha value is -1.85. The maximum Gasteiger partial charge on any atom is 0.159 e. The average Bonchev–Trinajstić information content (AvgIpc) is 2.48. The summed E-state index contributed by atoms with van der Waals surface area (Å²) in [6, 6.07) is 15.7. The third kappa shape index (κ3) is 2.69. The first kappa shape index (κ1) is 13.1. The number of halogens is 1. The van der Waals surface area contributed by atoms with E-state index in [9.17, 15) is 0 Å². The molecule has 0 unspecified atom stereocenters. The highest BCUT2D eigenvalue weighted by molar-refractivity contribution is 9.10. The molecule has 3 nitrogen and oxygen atoms in total. The second kappa shape index (κ2) is 5.64. The molecule has 0 aliphatic carbocycles. The molecule has 0 bridgehead atoms. The lowest BCUT2D eigenvalue weighted by Gasteiger charge is -2.07. The van der Waals surface area contributed by atoms with Crippen LogP contribution in [0.1, 0.15) is 0 Å². The molecule has 1 N–H and O–H groups in total. The molecule has 2 heterocycles. The molecule has 0 atom stereocenters. The van der Waals surface area contributed by atoms with Gasteiger partial charge < -0.3 is 4.98 Å². The summed E-state index contributed by atoms with van der Waals surface area (Å²) in [5.74, 6) is 0.656. The van der Waals surface area contributed by atoms with E-state index in [4.69, 9.17) is 12.2 Å². The van der Waals surface area contributed by atoms with Gasteiger partial charge in [0, 0.05) is 16.4 Å². The van der Waals surface area contributed by atoms with Crippen molar-refractivity contribution in [2.75, 3.05) is 0 Å². The van der Waals surface area contributed by atoms with Crippen molar-refractivity contribution in [2.24, 2.45) is 0 Å². The van der Waals surface area contributed by atoms with Crippen LogP contribution < -0.4 is 0 Å². The van der Waals surface area contributed by atoms with E-state index in [1.54, 1.807) is 6.20 Å². The van der Waals surface area contributed by atoms with Crippen molar-refractivity contribution in [3.63, 3.8) is 0 Å². The van der Waals surface area contributed by atoms with Crippen LogP contribution in [0.2, 0.25) is 0 Å². The molecule has 0 radical (unpaired) electrons. The lowest BCUT2D eigenvalue weighted by Crippen LogP contribution is -1.95. The molecule has 0 saturated carbocycles. The van der Waals surface area contributed by atoms with Gasteiger partial charge >= 0.3 is 0 Å². The molecule has 0 aliphatic rings. The molecular formula is C15H10BrN3S. The minimum absolute atomic E-state index is 0.537. The van der Waals surface area contributed by atoms with Gasteiger partial charge in [0.15, 0.2) is 5.82 Å². The molecule has 3 aromatic rings. The Balaban J connectivity index is 2.18. The second-order valence-corrected chi connectivity index (χ2v) is 5.45. The number of benzene rings is 1. The Kier molecular flexibility index (Phi) is 3.71. The minimum Gasteiger partial charge on any atom is -0.338 e. The molecule has 1 aromatic carbocycles. The van der Waals surface area contributed by atoms with Gasteiger partial charge in [-0.3, -0.25) is 4.98 Å². The van der Waals surface area contributed by atoms with Crippen LogP contribution in [0.3, 0.4) is 0 Å². The SMILES string of the molecule is S=c1cc(-c2ccccc2)[nH]c(-c2ncccc2Br)n1. The van der Waals surface area contributed by atoms with E-state index in [2.05, 4.69) is 30.9 Å². The first-order valence-electron chi connectivity index (χ1n) is 6.02. The van der Waals surface area contributed by atoms with Crippen molar-refractivity contribution in [1.29, 1.82) is 0 Å². The number of hydrogen-bond donors (Lipinski definition) is 1. The summed E-state index contributed by atoms with van der Waals surface area (Å²) in [5, 5.41) is 0. The van der Waals surface area contributed by atoms with Crippen molar-refractivity contribution in [3.05, 3.63) is 63.8 Å². The molecule has 98 valence electrons. The Bertz CT molecular complexity index is 799. The number of nitrogens with one attached hydrogen (secondary N) is 1. The van der Waals surface area contributed by atoms with Gasteiger partial charge in [-0.05, 0) is 39.7 Å². The summed E-state index contributed by atoms with van der Waals surface area (Å²) in [6.07, 6.45) is 1.73. The van der Waals surface area contributed by atoms with Gasteiger partial charge in [-0.1, -0.05) is 42.5 Å². The smallest absolute Gasteiger partial charge is 0.159 e. The number of aromatic amines is 1. The van der Waals surface area contributed by atoms with Crippen molar-refractivity contribution < 1.29 is 0 Å². The molecular weight excluding hydrogens is 334 g/mol. The van der Waals surface area contributed by atoms with Gasteiger partial charge in [0.2, 0.25) is 0 Å². The molecule has 2 aromatic heterocycles. The molecule has 3 rings (SSSR count). The normalized spacial score (nSPS) is 10.4. The largest absolute Gasteiger partial charge is 0.338 e. The molecule has 5 heteroatoms. The van der Waals surface area contributed by atoms with Gasteiger partial charge in [0.25, 0.3) is 0 Å². The number of hydrogen-bond acceptors (Lipinski definition) is 3. The van der Waals surface area contributed by atoms with E-state index in [-0.39, 0.29) is 0 Å². The first-order valence-corrected chi connectivity index (χ1v) is 7.22. The van der Waals surface area contributed by atoms with Crippen LogP contribution in [0, 0.1) is 4.64 Å². The fraction of sp³-hybridized carbons (Fsp3) is 0. The van der Waals surface area contributed by atoms with Crippen LogP contribution in [0.5, 0.6) is 0 Å². The average molecular weight is 344 g/mol. The summed E-state index contributed by atoms with van der Waals surface area (Å²) < 4.78 is 1.42. The molecule has 0 amide bonds. The Labute approximate surface area is 129 Å². The van der Waals surface area contributed by atoms with Crippen LogP contribution in [0.4, 0.5) is 0 Å². The summed E-state index contributed by atoms with van der Waals surface area (Å²) in [5.41, 5.74) is 2.74. The van der Waals surface area contributed by atoms with Gasteiger partial charge in [-0.25, -0.2) is 4.98 Å². The van der Waals surface area contributed by atoms with Gasteiger partial charge in [0.1, 0.15) is 10.3 Å². The summed E-state index contributed by atoms with van der Waals surface area (Å²) in [7, 11) is 0. The number of rotatable bonds is 2.